The molecule has 118 valence electrons. The van der Waals surface area contributed by atoms with Crippen LogP contribution in [0.1, 0.15) is 30.3 Å². The lowest BCUT2D eigenvalue weighted by atomic mass is 10.1. The summed E-state index contributed by atoms with van der Waals surface area (Å²) in [7, 11) is 0. The van der Waals surface area contributed by atoms with Crippen molar-refractivity contribution in [3.63, 3.8) is 0 Å². The summed E-state index contributed by atoms with van der Waals surface area (Å²) in [6.45, 7) is 5.78. The van der Waals surface area contributed by atoms with Gasteiger partial charge in [0.15, 0.2) is 0 Å². The Morgan fingerprint density at radius 1 is 1.32 bits per heavy atom. The van der Waals surface area contributed by atoms with Gasteiger partial charge in [0.2, 0.25) is 5.91 Å². The molecule has 0 aliphatic heterocycles. The number of hydrogen-bond donors (Lipinski definition) is 2. The number of nitrogens with one attached hydrogen (secondary N) is 1. The zero-order valence-corrected chi connectivity index (χ0v) is 13.3. The number of hydrogen-bond acceptors (Lipinski definition) is 3. The van der Waals surface area contributed by atoms with Crippen LogP contribution in [0, 0.1) is 13.8 Å². The quantitative estimate of drug-likeness (QED) is 0.856. The molecule has 0 fully saturated rings. The van der Waals surface area contributed by atoms with E-state index in [0.717, 1.165) is 22.6 Å². The Morgan fingerprint density at radius 2 is 2.00 bits per heavy atom. The number of benzene rings is 1. The summed E-state index contributed by atoms with van der Waals surface area (Å²) in [5, 5.41) is 16.6. The Kier molecular flexibility index (Phi) is 5.33. The molecule has 1 amide bonds. The summed E-state index contributed by atoms with van der Waals surface area (Å²) >= 11 is 0. The molecule has 1 atom stereocenters. The number of aliphatic hydroxyl groups excluding tert-OH is 1. The number of rotatable bonds is 6. The van der Waals surface area contributed by atoms with Crippen LogP contribution >= 0.6 is 0 Å². The van der Waals surface area contributed by atoms with E-state index in [1.54, 1.807) is 0 Å². The number of para-hydroxylation sites is 1. The standard InChI is InChI=1S/C17H23N3O2/c1-4-14(11-21)18-17(22)10-16-12(2)19-20(13(16)3)15-8-6-5-7-9-15/h5-9,14,21H,4,10-11H2,1-3H3,(H,18,22). The number of carbonyl (C=O) groups is 1. The van der Waals surface area contributed by atoms with Gasteiger partial charge < -0.3 is 10.4 Å². The highest BCUT2D eigenvalue weighted by Crippen LogP contribution is 2.18. The zero-order valence-electron chi connectivity index (χ0n) is 13.3. The van der Waals surface area contributed by atoms with Crippen molar-refractivity contribution < 1.29 is 9.90 Å². The van der Waals surface area contributed by atoms with Crippen molar-refractivity contribution in [3.05, 3.63) is 47.3 Å². The van der Waals surface area contributed by atoms with E-state index in [2.05, 4.69) is 10.4 Å². The molecule has 0 radical (unpaired) electrons. The van der Waals surface area contributed by atoms with Gasteiger partial charge in [0.1, 0.15) is 0 Å². The average molecular weight is 301 g/mol. The fourth-order valence-corrected chi connectivity index (χ4v) is 2.47. The van der Waals surface area contributed by atoms with Gasteiger partial charge in [0, 0.05) is 11.3 Å². The van der Waals surface area contributed by atoms with Crippen LogP contribution in [0.25, 0.3) is 5.69 Å². The average Bonchev–Trinajstić information content (AvgIpc) is 2.81. The highest BCUT2D eigenvalue weighted by atomic mass is 16.3. The topological polar surface area (TPSA) is 67.2 Å². The number of aliphatic hydroxyl groups is 1. The zero-order chi connectivity index (χ0) is 16.1. The van der Waals surface area contributed by atoms with Crippen LogP contribution in [0.5, 0.6) is 0 Å². The maximum Gasteiger partial charge on any atom is 0.224 e. The summed E-state index contributed by atoms with van der Waals surface area (Å²) in [6, 6.07) is 9.68. The molecule has 1 heterocycles. The maximum atomic E-state index is 12.1. The minimum Gasteiger partial charge on any atom is -0.394 e. The van der Waals surface area contributed by atoms with Crippen LogP contribution in [-0.4, -0.2) is 33.4 Å². The lowest BCUT2D eigenvalue weighted by Gasteiger charge is -2.14. The molecule has 2 rings (SSSR count). The Morgan fingerprint density at radius 3 is 2.59 bits per heavy atom. The van der Waals surface area contributed by atoms with Gasteiger partial charge in [-0.25, -0.2) is 4.68 Å². The molecule has 5 heteroatoms. The van der Waals surface area contributed by atoms with Crippen molar-refractivity contribution in [1.29, 1.82) is 0 Å². The summed E-state index contributed by atoms with van der Waals surface area (Å²) < 4.78 is 1.86. The fourth-order valence-electron chi connectivity index (χ4n) is 2.47. The Balaban J connectivity index is 2.19. The predicted molar refractivity (Wildman–Crippen MR) is 86.0 cm³/mol. The minimum atomic E-state index is -0.183. The molecule has 5 nitrogen and oxygen atoms in total. The number of carbonyl (C=O) groups excluding carboxylic acids is 1. The highest BCUT2D eigenvalue weighted by molar-refractivity contribution is 5.79. The third kappa shape index (κ3) is 3.54. The van der Waals surface area contributed by atoms with Crippen LogP contribution in [-0.2, 0) is 11.2 Å². The molecule has 0 saturated carbocycles. The van der Waals surface area contributed by atoms with E-state index in [1.807, 2.05) is 55.8 Å². The Labute approximate surface area is 131 Å². The van der Waals surface area contributed by atoms with E-state index in [9.17, 15) is 9.90 Å². The van der Waals surface area contributed by atoms with Crippen LogP contribution in [0.2, 0.25) is 0 Å². The van der Waals surface area contributed by atoms with Crippen molar-refractivity contribution >= 4 is 5.91 Å². The monoisotopic (exact) mass is 301 g/mol. The molecule has 2 N–H and O–H groups in total. The minimum absolute atomic E-state index is 0.0382. The largest absolute Gasteiger partial charge is 0.394 e. The van der Waals surface area contributed by atoms with Gasteiger partial charge in [-0.1, -0.05) is 25.1 Å². The number of amides is 1. The third-order valence-corrected chi connectivity index (χ3v) is 3.86. The molecule has 0 spiro atoms. The molecule has 1 aromatic carbocycles. The predicted octanol–water partition coefficient (Wildman–Crippen LogP) is 1.92. The number of aromatic nitrogens is 2. The van der Waals surface area contributed by atoms with E-state index in [1.165, 1.54) is 0 Å². The molecular weight excluding hydrogens is 278 g/mol. The molecule has 0 bridgehead atoms. The maximum absolute atomic E-state index is 12.1. The summed E-state index contributed by atoms with van der Waals surface area (Å²) in [5.74, 6) is -0.0836. The summed E-state index contributed by atoms with van der Waals surface area (Å²) in [5.41, 5.74) is 3.75. The van der Waals surface area contributed by atoms with Crippen molar-refractivity contribution in [2.24, 2.45) is 0 Å². The van der Waals surface area contributed by atoms with Crippen LogP contribution in [0.4, 0.5) is 0 Å². The van der Waals surface area contributed by atoms with Crippen LogP contribution in [0.15, 0.2) is 30.3 Å². The van der Waals surface area contributed by atoms with Gasteiger partial charge in [0.25, 0.3) is 0 Å². The second-order valence-corrected chi connectivity index (χ2v) is 5.43. The van der Waals surface area contributed by atoms with Gasteiger partial charge in [0.05, 0.1) is 30.5 Å². The van der Waals surface area contributed by atoms with Crippen molar-refractivity contribution in [3.8, 4) is 5.69 Å². The Hall–Kier alpha value is -2.14. The first-order valence-corrected chi connectivity index (χ1v) is 7.57. The molecule has 0 aliphatic rings. The number of aryl methyl sites for hydroxylation is 1. The van der Waals surface area contributed by atoms with Gasteiger partial charge in [-0.2, -0.15) is 5.10 Å². The first-order chi connectivity index (χ1) is 10.6. The molecule has 1 unspecified atom stereocenters. The van der Waals surface area contributed by atoms with E-state index >= 15 is 0 Å². The number of nitrogens with zero attached hydrogens (tertiary/aromatic N) is 2. The first kappa shape index (κ1) is 16.2. The van der Waals surface area contributed by atoms with E-state index in [4.69, 9.17) is 0 Å². The normalized spacial score (nSPS) is 12.2. The lowest BCUT2D eigenvalue weighted by Crippen LogP contribution is -2.38. The van der Waals surface area contributed by atoms with Crippen molar-refractivity contribution in [1.82, 2.24) is 15.1 Å². The van der Waals surface area contributed by atoms with Crippen LogP contribution in [0.3, 0.4) is 0 Å². The van der Waals surface area contributed by atoms with Gasteiger partial charge in [-0.15, -0.1) is 0 Å². The molecule has 0 aliphatic carbocycles. The first-order valence-electron chi connectivity index (χ1n) is 7.57. The van der Waals surface area contributed by atoms with Gasteiger partial charge >= 0.3 is 0 Å². The van der Waals surface area contributed by atoms with E-state index in [-0.39, 0.29) is 25.0 Å². The summed E-state index contributed by atoms with van der Waals surface area (Å²) in [4.78, 5) is 12.1. The smallest absolute Gasteiger partial charge is 0.224 e. The highest BCUT2D eigenvalue weighted by Gasteiger charge is 2.17. The fraction of sp³-hybridized carbons (Fsp3) is 0.412. The van der Waals surface area contributed by atoms with Gasteiger partial charge in [-0.05, 0) is 32.4 Å². The van der Waals surface area contributed by atoms with Crippen molar-refractivity contribution in [2.45, 2.75) is 39.7 Å². The van der Waals surface area contributed by atoms with E-state index in [0.29, 0.717) is 6.42 Å². The van der Waals surface area contributed by atoms with Crippen molar-refractivity contribution in [2.75, 3.05) is 6.61 Å². The Bertz CT molecular complexity index is 631. The molecule has 22 heavy (non-hydrogen) atoms. The summed E-state index contributed by atoms with van der Waals surface area (Å²) in [6.07, 6.45) is 0.991. The SMILES string of the molecule is CCC(CO)NC(=O)Cc1c(C)nn(-c2ccccc2)c1C. The molecule has 1 aromatic heterocycles. The molecule has 0 saturated heterocycles. The van der Waals surface area contributed by atoms with Crippen LogP contribution < -0.4 is 5.32 Å². The van der Waals surface area contributed by atoms with Gasteiger partial charge in [-0.3, -0.25) is 4.79 Å². The second-order valence-electron chi connectivity index (χ2n) is 5.43. The molecular formula is C17H23N3O2. The third-order valence-electron chi connectivity index (χ3n) is 3.86. The lowest BCUT2D eigenvalue weighted by molar-refractivity contribution is -0.121. The van der Waals surface area contributed by atoms with E-state index < -0.39 is 0 Å². The molecule has 2 aromatic rings. The second kappa shape index (κ2) is 7.22.